The van der Waals surface area contributed by atoms with Crippen LogP contribution in [0.1, 0.15) is 12.8 Å². The van der Waals surface area contributed by atoms with Gasteiger partial charge in [-0.3, -0.25) is 0 Å². The molecule has 2 rings (SSSR count). The standard InChI is InChI=1S/2C5H5.C2H7Si.2ClH.Zr/c2*1-2-4-5-3-1;1-3-2;;;/h2*1-3H,4H2;3H,1-2H3;2*1H;. The van der Waals surface area contributed by atoms with Crippen molar-refractivity contribution in [1.29, 1.82) is 0 Å². The molecule has 4 heteroatoms. The van der Waals surface area contributed by atoms with E-state index in [0.717, 1.165) is 0 Å². The zero-order chi connectivity index (χ0) is 9.97. The van der Waals surface area contributed by atoms with Crippen molar-refractivity contribution in [3.05, 3.63) is 43.0 Å². The third kappa shape index (κ3) is 3.84. The molecule has 0 fully saturated rings. The van der Waals surface area contributed by atoms with E-state index in [-0.39, 0.29) is 24.8 Å². The maximum absolute atomic E-state index is 2.55. The molecule has 0 N–H and O–H groups in total. The molecule has 0 aliphatic heterocycles. The smallest absolute Gasteiger partial charge is 0.147 e. The number of hydrogen-bond acceptors (Lipinski definition) is 0. The number of halogens is 2. The van der Waals surface area contributed by atoms with Crippen LogP contribution in [-0.2, 0) is 20.9 Å². The van der Waals surface area contributed by atoms with E-state index in [2.05, 4.69) is 49.6 Å². The summed E-state index contributed by atoms with van der Waals surface area (Å²) in [7, 11) is 0. The zero-order valence-electron chi connectivity index (χ0n) is 9.77. The normalized spacial score (nSPS) is 16.7. The zero-order valence-corrected chi connectivity index (χ0v) is 15.0. The first-order valence-corrected chi connectivity index (χ1v) is 15.0. The number of hydrogen-bond donors (Lipinski definition) is 0. The maximum Gasteiger partial charge on any atom is -0.147 e. The molecule has 2 aliphatic rings. The molecule has 0 amide bonds. The second kappa shape index (κ2) is 7.87. The van der Waals surface area contributed by atoms with Crippen LogP contribution in [0.25, 0.3) is 0 Å². The van der Waals surface area contributed by atoms with Crippen LogP contribution in [0, 0.1) is 0 Å². The summed E-state index contributed by atoms with van der Waals surface area (Å²) in [5.41, 5.74) is 0. The second-order valence-corrected chi connectivity index (χ2v) is 23.6. The Kier molecular flexibility index (Phi) is 8.18. The predicted octanol–water partition coefficient (Wildman–Crippen LogP) is 4.12. The first-order chi connectivity index (χ1) is 6.79. The molecule has 0 spiro atoms. The van der Waals surface area contributed by atoms with Gasteiger partial charge in [0.2, 0.25) is 0 Å². The summed E-state index contributed by atoms with van der Waals surface area (Å²) >= 11 is -1.29. The van der Waals surface area contributed by atoms with Crippen molar-refractivity contribution >= 4 is 30.7 Å². The van der Waals surface area contributed by atoms with Crippen LogP contribution in [0.3, 0.4) is 0 Å². The minimum atomic E-state index is -1.29. The fourth-order valence-electron chi connectivity index (χ4n) is 2.24. The number of rotatable bonds is 3. The average molecular weight is 354 g/mol. The van der Waals surface area contributed by atoms with Crippen LogP contribution in [0.4, 0.5) is 0 Å². The minimum Gasteiger partial charge on any atom is -0.147 e. The summed E-state index contributed by atoms with van der Waals surface area (Å²) in [5.74, 6) is -0.412. The van der Waals surface area contributed by atoms with Crippen molar-refractivity contribution in [1.82, 2.24) is 0 Å². The van der Waals surface area contributed by atoms with Gasteiger partial charge in [-0.1, -0.05) is 0 Å². The Bertz CT molecular complexity index is 313. The van der Waals surface area contributed by atoms with Crippen LogP contribution in [0.15, 0.2) is 43.0 Å². The van der Waals surface area contributed by atoms with Crippen molar-refractivity contribution in [3.63, 3.8) is 0 Å². The van der Waals surface area contributed by atoms with Crippen molar-refractivity contribution in [3.8, 4) is 0 Å². The molecule has 0 unspecified atom stereocenters. The molecule has 0 saturated heterocycles. The summed E-state index contributed by atoms with van der Waals surface area (Å²) in [6.45, 7) is 5.10. The molecular formula is C12H19Cl2SiZr. The second-order valence-electron chi connectivity index (χ2n) is 4.22. The molecule has 0 radical (unpaired) electrons. The average Bonchev–Trinajstić information content (AvgIpc) is 2.75. The Labute approximate surface area is 120 Å². The molecule has 89 valence electrons. The van der Waals surface area contributed by atoms with Gasteiger partial charge in [0.1, 0.15) is 0 Å². The third-order valence-corrected chi connectivity index (χ3v) is 22.1. The van der Waals surface area contributed by atoms with Gasteiger partial charge in [0.05, 0.1) is 0 Å². The molecule has 0 heterocycles. The van der Waals surface area contributed by atoms with E-state index in [1.54, 1.807) is 0 Å². The summed E-state index contributed by atoms with van der Waals surface area (Å²) in [4.78, 5) is 0. The first-order valence-electron chi connectivity index (χ1n) is 5.38. The van der Waals surface area contributed by atoms with Gasteiger partial charge in [-0.2, -0.15) is 0 Å². The van der Waals surface area contributed by atoms with E-state index < -0.39 is 26.8 Å². The van der Waals surface area contributed by atoms with E-state index >= 15 is 0 Å². The van der Waals surface area contributed by atoms with Crippen LogP contribution < -0.4 is 0 Å². The van der Waals surface area contributed by atoms with Gasteiger partial charge in [-0.25, -0.2) is 0 Å². The van der Waals surface area contributed by atoms with E-state index in [4.69, 9.17) is 0 Å². The van der Waals surface area contributed by atoms with Crippen LogP contribution in [-0.4, -0.2) is 5.92 Å². The van der Waals surface area contributed by atoms with Gasteiger partial charge < -0.3 is 0 Å². The Balaban J connectivity index is 0.00000112. The van der Waals surface area contributed by atoms with Crippen molar-refractivity contribution in [2.24, 2.45) is 0 Å². The SMILES string of the molecule is C[SiH](C)[Zr]([C]1=CC=CC1)[C]1=CC=CC1.Cl.Cl. The van der Waals surface area contributed by atoms with Crippen LogP contribution >= 0.6 is 24.8 Å². The molecule has 0 nitrogen and oxygen atoms in total. The molecule has 0 bridgehead atoms. The van der Waals surface area contributed by atoms with Gasteiger partial charge in [-0.15, -0.1) is 24.8 Å². The van der Waals surface area contributed by atoms with Gasteiger partial charge in [0.15, 0.2) is 0 Å². The largest absolute Gasteiger partial charge is 0.147 e. The van der Waals surface area contributed by atoms with Crippen molar-refractivity contribution < 1.29 is 20.9 Å². The predicted molar refractivity (Wildman–Crippen MR) is 77.1 cm³/mol. The van der Waals surface area contributed by atoms with E-state index in [1.165, 1.54) is 12.8 Å². The Morgan fingerprint density at radius 2 is 1.38 bits per heavy atom. The number of allylic oxidation sites excluding steroid dienone is 8. The summed E-state index contributed by atoms with van der Waals surface area (Å²) in [6.07, 6.45) is 16.6. The van der Waals surface area contributed by atoms with E-state index in [9.17, 15) is 0 Å². The van der Waals surface area contributed by atoms with Crippen LogP contribution in [0.2, 0.25) is 13.1 Å². The first kappa shape index (κ1) is 16.6. The molecule has 0 atom stereocenters. The fourth-order valence-corrected chi connectivity index (χ4v) is 21.2. The van der Waals surface area contributed by atoms with Gasteiger partial charge in [0, 0.05) is 0 Å². The fraction of sp³-hybridized carbons (Fsp3) is 0.333. The maximum atomic E-state index is 2.55. The Morgan fingerprint density at radius 3 is 1.62 bits per heavy atom. The molecule has 0 saturated carbocycles. The topological polar surface area (TPSA) is 0 Å². The van der Waals surface area contributed by atoms with E-state index in [0.29, 0.717) is 0 Å². The monoisotopic (exact) mass is 351 g/mol. The van der Waals surface area contributed by atoms with Crippen LogP contribution in [0.5, 0.6) is 0 Å². The Hall–Kier alpha value is 0.640. The molecule has 2 aliphatic carbocycles. The summed E-state index contributed by atoms with van der Waals surface area (Å²) < 4.78 is 3.70. The third-order valence-electron chi connectivity index (χ3n) is 2.81. The Morgan fingerprint density at radius 1 is 0.938 bits per heavy atom. The molecule has 16 heavy (non-hydrogen) atoms. The minimum absolute atomic E-state index is 0. The summed E-state index contributed by atoms with van der Waals surface area (Å²) in [5, 5.41) is 0. The van der Waals surface area contributed by atoms with Crippen molar-refractivity contribution in [2.45, 2.75) is 25.9 Å². The van der Waals surface area contributed by atoms with Crippen molar-refractivity contribution in [2.75, 3.05) is 0 Å². The quantitative estimate of drug-likeness (QED) is 0.670. The molecular weight excluding hydrogens is 334 g/mol. The van der Waals surface area contributed by atoms with Gasteiger partial charge in [0.25, 0.3) is 0 Å². The van der Waals surface area contributed by atoms with Gasteiger partial charge in [-0.05, 0) is 0 Å². The summed E-state index contributed by atoms with van der Waals surface area (Å²) in [6, 6.07) is 0. The molecule has 0 aromatic carbocycles. The van der Waals surface area contributed by atoms with Gasteiger partial charge >= 0.3 is 95.8 Å². The van der Waals surface area contributed by atoms with E-state index in [1.807, 2.05) is 6.56 Å². The molecule has 0 aromatic rings. The molecule has 0 aromatic heterocycles.